The molecule has 0 unspecified atom stereocenters. The Morgan fingerprint density at radius 3 is 0.883 bits per heavy atom. The molecular weight excluding hydrogens is 789 g/mol. The number of unbranched alkanes of at least 4 members (excludes halogenated alkanes) is 2. The molecule has 0 saturated heterocycles. The van der Waals surface area contributed by atoms with Crippen LogP contribution in [0.2, 0.25) is 0 Å². The maximum atomic E-state index is 11.8. The number of benzene rings is 5. The Kier molecular flexibility index (Phi) is 12.6. The summed E-state index contributed by atoms with van der Waals surface area (Å²) in [4.78, 5) is -0.537. The van der Waals surface area contributed by atoms with Crippen LogP contribution in [0.1, 0.15) is 50.7 Å². The second-order valence-electron chi connectivity index (χ2n) is 15.3. The van der Waals surface area contributed by atoms with Crippen molar-refractivity contribution in [3.8, 4) is 67.3 Å². The van der Waals surface area contributed by atoms with Crippen molar-refractivity contribution >= 4 is 20.2 Å². The molecule has 2 aromatic heterocycles. The third-order valence-electron chi connectivity index (χ3n) is 10.9. The quantitative estimate of drug-likeness (QED) is 0.0794. The van der Waals surface area contributed by atoms with E-state index in [4.69, 9.17) is 0 Å². The molecule has 0 fully saturated rings. The summed E-state index contributed by atoms with van der Waals surface area (Å²) in [5.41, 5.74) is 13.7. The van der Waals surface area contributed by atoms with Crippen LogP contribution in [-0.4, -0.2) is 25.9 Å². The maximum absolute atomic E-state index is 11.8. The lowest BCUT2D eigenvalue weighted by molar-refractivity contribution is -0.676. The summed E-state index contributed by atoms with van der Waals surface area (Å²) in [6.07, 6.45) is 3.83. The van der Waals surface area contributed by atoms with Gasteiger partial charge in [-0.1, -0.05) is 86.3 Å². The van der Waals surface area contributed by atoms with Crippen molar-refractivity contribution < 1.29 is 35.1 Å². The van der Waals surface area contributed by atoms with E-state index in [1.807, 2.05) is 0 Å². The summed E-state index contributed by atoms with van der Waals surface area (Å²) in [5.74, 6) is 0. The van der Waals surface area contributed by atoms with Crippen molar-refractivity contribution in [2.45, 2.75) is 76.3 Å². The Morgan fingerprint density at radius 1 is 0.383 bits per heavy atom. The van der Waals surface area contributed by atoms with Gasteiger partial charge in [0.25, 0.3) is 0 Å². The Hall–Kier alpha value is -5.78. The molecule has 0 amide bonds. The standard InChI is InChI=1S/C50H48N2O6S2/c1-5-7-29-51-47(39-13-9-35(3)10-14-39)31-43(33-49(51)41-21-25-45(26-22-41)59(53,54)55)37-17-19-38(20-18-37)44-32-48(40-15-11-36(4)12-16-40)52(30-8-6-2)50(34-44)42-23-27-46(28-24-42)60(56,57)58/h9-28,31-34H,5-8,29-30H2,1-4H3. The van der Waals surface area contributed by atoms with E-state index in [1.165, 1.54) is 24.3 Å². The maximum Gasteiger partial charge on any atom is 0.213 e. The van der Waals surface area contributed by atoms with E-state index in [1.54, 1.807) is 24.3 Å². The molecule has 60 heavy (non-hydrogen) atoms. The predicted molar refractivity (Wildman–Crippen MR) is 235 cm³/mol. The third-order valence-corrected chi connectivity index (χ3v) is 12.6. The van der Waals surface area contributed by atoms with Crippen LogP contribution in [0.3, 0.4) is 0 Å². The van der Waals surface area contributed by atoms with Gasteiger partial charge in [0.05, 0.1) is 9.79 Å². The summed E-state index contributed by atoms with van der Waals surface area (Å²) < 4.78 is 75.5. The van der Waals surface area contributed by atoms with E-state index in [2.05, 4.69) is 134 Å². The van der Waals surface area contributed by atoms with Crippen LogP contribution in [0.4, 0.5) is 0 Å². The summed E-state index contributed by atoms with van der Waals surface area (Å²) in [7, 11) is -9.21. The zero-order chi connectivity index (χ0) is 42.6. The van der Waals surface area contributed by atoms with Gasteiger partial charge in [-0.3, -0.25) is 0 Å². The van der Waals surface area contributed by atoms with Crippen molar-refractivity contribution in [3.63, 3.8) is 0 Å². The molecule has 8 nitrogen and oxygen atoms in total. The van der Waals surface area contributed by atoms with Gasteiger partial charge in [0.1, 0.15) is 33.3 Å². The summed E-state index contributed by atoms with van der Waals surface area (Å²) >= 11 is 0. The molecule has 0 saturated carbocycles. The van der Waals surface area contributed by atoms with Gasteiger partial charge in [0.2, 0.25) is 22.8 Å². The number of hydrogen-bond donors (Lipinski definition) is 0. The normalized spacial score (nSPS) is 11.8. The van der Waals surface area contributed by atoms with Crippen LogP contribution >= 0.6 is 0 Å². The predicted octanol–water partition coefficient (Wildman–Crippen LogP) is 10.3. The smallest absolute Gasteiger partial charge is 0.213 e. The molecule has 0 atom stereocenters. The van der Waals surface area contributed by atoms with Gasteiger partial charge < -0.3 is 9.11 Å². The molecule has 0 aliphatic heterocycles. The average Bonchev–Trinajstić information content (AvgIpc) is 3.24. The van der Waals surface area contributed by atoms with Crippen LogP contribution in [0.25, 0.3) is 67.3 Å². The van der Waals surface area contributed by atoms with Gasteiger partial charge in [-0.05, 0) is 109 Å². The number of aromatic nitrogens is 2. The van der Waals surface area contributed by atoms with E-state index in [-0.39, 0.29) is 9.79 Å². The van der Waals surface area contributed by atoms with Gasteiger partial charge >= 0.3 is 0 Å². The summed E-state index contributed by atoms with van der Waals surface area (Å²) in [5, 5.41) is 0. The van der Waals surface area contributed by atoms with Gasteiger partial charge in [-0.15, -0.1) is 0 Å². The highest BCUT2D eigenvalue weighted by Crippen LogP contribution is 2.34. The Morgan fingerprint density at radius 2 is 0.633 bits per heavy atom. The fourth-order valence-corrected chi connectivity index (χ4v) is 8.48. The van der Waals surface area contributed by atoms with Gasteiger partial charge in [0.15, 0.2) is 0 Å². The van der Waals surface area contributed by atoms with Crippen LogP contribution in [0.5, 0.6) is 0 Å². The molecule has 0 N–H and O–H groups in total. The molecule has 0 aliphatic carbocycles. The minimum atomic E-state index is -4.60. The first-order valence-electron chi connectivity index (χ1n) is 20.3. The third kappa shape index (κ3) is 9.48. The van der Waals surface area contributed by atoms with Gasteiger partial charge in [0, 0.05) is 59.4 Å². The lowest BCUT2D eigenvalue weighted by atomic mass is 9.95. The fraction of sp³-hybridized carbons (Fsp3) is 0.200. The van der Waals surface area contributed by atoms with Gasteiger partial charge in [-0.2, -0.15) is 9.13 Å². The number of aryl methyl sites for hydroxylation is 2. The van der Waals surface area contributed by atoms with Crippen molar-refractivity contribution in [3.05, 3.63) is 157 Å². The molecule has 5 aromatic carbocycles. The SMILES string of the molecule is CCCC[n+]1c(-c2ccc(C)cc2)cc(-c2ccc(-c3cc(-c4ccc(C)cc4)[n+](CCCC)c(-c4ccc(S(=O)(=O)[O-])cc4)c3)cc2)cc1-c1ccc(S(=O)(=O)[O-])cc1. The van der Waals surface area contributed by atoms with Crippen molar-refractivity contribution in [2.75, 3.05) is 0 Å². The fourth-order valence-electron chi connectivity index (χ4n) is 7.54. The molecule has 7 rings (SSSR count). The Balaban J connectivity index is 1.39. The van der Waals surface area contributed by atoms with E-state index < -0.39 is 20.2 Å². The zero-order valence-electron chi connectivity index (χ0n) is 34.3. The summed E-state index contributed by atoms with van der Waals surface area (Å²) in [6, 6.07) is 46.3. The Labute approximate surface area is 354 Å². The highest BCUT2D eigenvalue weighted by atomic mass is 32.2. The largest absolute Gasteiger partial charge is 0.744 e. The van der Waals surface area contributed by atoms with Crippen LogP contribution in [-0.2, 0) is 33.3 Å². The first-order chi connectivity index (χ1) is 28.7. The second kappa shape index (κ2) is 17.8. The molecule has 0 aliphatic rings. The van der Waals surface area contributed by atoms with Crippen molar-refractivity contribution in [1.82, 2.24) is 0 Å². The van der Waals surface area contributed by atoms with Gasteiger partial charge in [-0.25, -0.2) is 16.8 Å². The van der Waals surface area contributed by atoms with Crippen LogP contribution in [0.15, 0.2) is 155 Å². The molecular formula is C50H48N2O6S2. The second-order valence-corrected chi connectivity index (χ2v) is 18.1. The molecule has 10 heteroatoms. The highest BCUT2D eigenvalue weighted by molar-refractivity contribution is 7.86. The minimum absolute atomic E-state index is 0.269. The molecule has 7 aromatic rings. The lowest BCUT2D eigenvalue weighted by Crippen LogP contribution is -2.39. The number of hydrogen-bond acceptors (Lipinski definition) is 6. The first kappa shape index (κ1) is 42.3. The average molecular weight is 837 g/mol. The number of rotatable bonds is 14. The summed E-state index contributed by atoms with van der Waals surface area (Å²) in [6.45, 7) is 9.90. The molecule has 0 spiro atoms. The van der Waals surface area contributed by atoms with E-state index in [0.29, 0.717) is 0 Å². The molecule has 306 valence electrons. The Bertz CT molecular complexity index is 2660. The van der Waals surface area contributed by atoms with E-state index >= 15 is 0 Å². The lowest BCUT2D eigenvalue weighted by Gasteiger charge is -2.15. The highest BCUT2D eigenvalue weighted by Gasteiger charge is 2.25. The van der Waals surface area contributed by atoms with E-state index in [9.17, 15) is 25.9 Å². The van der Waals surface area contributed by atoms with Crippen LogP contribution < -0.4 is 9.13 Å². The van der Waals surface area contributed by atoms with E-state index in [0.717, 1.165) is 117 Å². The molecule has 0 radical (unpaired) electrons. The monoisotopic (exact) mass is 836 g/mol. The number of pyridine rings is 2. The topological polar surface area (TPSA) is 122 Å². The zero-order valence-corrected chi connectivity index (χ0v) is 35.9. The molecule has 2 heterocycles. The molecule has 0 bridgehead atoms. The van der Waals surface area contributed by atoms with Crippen LogP contribution in [0, 0.1) is 13.8 Å². The van der Waals surface area contributed by atoms with Crippen molar-refractivity contribution in [2.24, 2.45) is 0 Å². The minimum Gasteiger partial charge on any atom is -0.744 e. The first-order valence-corrected chi connectivity index (χ1v) is 23.1. The number of nitrogens with zero attached hydrogens (tertiary/aromatic N) is 2. The van der Waals surface area contributed by atoms with Crippen molar-refractivity contribution in [1.29, 1.82) is 0 Å².